The second kappa shape index (κ2) is 15.4. The number of nitrogens with zero attached hydrogens (tertiary/aromatic N) is 4. The molecule has 270 valence electrons. The van der Waals surface area contributed by atoms with Crippen molar-refractivity contribution >= 4 is 35.4 Å². The van der Waals surface area contributed by atoms with Gasteiger partial charge in [0.2, 0.25) is 5.95 Å². The number of nitrogens with one attached hydrogen (secondary N) is 2. The van der Waals surface area contributed by atoms with Gasteiger partial charge in [0.15, 0.2) is 11.5 Å². The lowest BCUT2D eigenvalue weighted by Crippen LogP contribution is -2.45. The van der Waals surface area contributed by atoms with Crippen LogP contribution in [0.25, 0.3) is 11.8 Å². The number of rotatable bonds is 11. The molecular weight excluding hydrogens is 674 g/mol. The summed E-state index contributed by atoms with van der Waals surface area (Å²) in [5.74, 6) is -0.372. The Morgan fingerprint density at radius 2 is 1.80 bits per heavy atom. The highest BCUT2D eigenvalue weighted by Gasteiger charge is 2.36. The Hall–Kier alpha value is -4.14. The molecule has 0 aromatic carbocycles. The van der Waals surface area contributed by atoms with Crippen LogP contribution in [-0.4, -0.2) is 67.8 Å². The lowest BCUT2D eigenvalue weighted by Gasteiger charge is -2.39. The van der Waals surface area contributed by atoms with E-state index in [2.05, 4.69) is 30.3 Å². The normalized spacial score (nSPS) is 22.1. The van der Waals surface area contributed by atoms with E-state index in [0.717, 1.165) is 24.8 Å². The van der Waals surface area contributed by atoms with Crippen molar-refractivity contribution in [2.24, 2.45) is 0 Å². The summed E-state index contributed by atoms with van der Waals surface area (Å²) in [5.41, 5.74) is 0.920. The summed E-state index contributed by atoms with van der Waals surface area (Å²) in [4.78, 5) is 38.5. The molecular formula is C35H43ClF2N6O6. The van der Waals surface area contributed by atoms with E-state index in [4.69, 9.17) is 25.8 Å². The predicted octanol–water partition coefficient (Wildman–Crippen LogP) is 6.69. The first-order valence-corrected chi connectivity index (χ1v) is 16.8. The average Bonchev–Trinajstić information content (AvgIpc) is 3.44. The highest BCUT2D eigenvalue weighted by molar-refractivity contribution is 6.32. The molecule has 5 rings (SSSR count). The van der Waals surface area contributed by atoms with Gasteiger partial charge < -0.3 is 29.6 Å². The van der Waals surface area contributed by atoms with Crippen LogP contribution in [0.2, 0.25) is 5.02 Å². The van der Waals surface area contributed by atoms with Gasteiger partial charge in [0.1, 0.15) is 16.4 Å². The van der Waals surface area contributed by atoms with Crippen LogP contribution >= 0.6 is 11.6 Å². The van der Waals surface area contributed by atoms with E-state index in [1.54, 1.807) is 38.4 Å². The first-order chi connectivity index (χ1) is 23.5. The Balaban J connectivity index is 1.19. The van der Waals surface area contributed by atoms with Gasteiger partial charge in [-0.15, -0.1) is 0 Å². The molecule has 1 saturated heterocycles. The number of esters is 1. The van der Waals surface area contributed by atoms with Crippen LogP contribution in [0.3, 0.4) is 0 Å². The van der Waals surface area contributed by atoms with Crippen LogP contribution in [0.1, 0.15) is 77.8 Å². The molecule has 1 saturated carbocycles. The number of anilines is 2. The van der Waals surface area contributed by atoms with Crippen molar-refractivity contribution < 1.29 is 32.5 Å². The van der Waals surface area contributed by atoms with Crippen molar-refractivity contribution in [2.45, 2.75) is 116 Å². The minimum atomic E-state index is -2.93. The number of ether oxygens (including phenoxy) is 4. The lowest BCUT2D eigenvalue weighted by molar-refractivity contribution is -0.290. The van der Waals surface area contributed by atoms with E-state index < -0.39 is 29.7 Å². The van der Waals surface area contributed by atoms with Gasteiger partial charge in [-0.1, -0.05) is 23.8 Å². The van der Waals surface area contributed by atoms with E-state index in [1.165, 1.54) is 17.0 Å². The fourth-order valence-corrected chi connectivity index (χ4v) is 6.38. The summed E-state index contributed by atoms with van der Waals surface area (Å²) in [6.07, 6.45) is 11.6. The number of carbonyl (C=O) groups is 1. The minimum absolute atomic E-state index is 0.0599. The number of halogens is 3. The summed E-state index contributed by atoms with van der Waals surface area (Å²) in [6.45, 7) is 7.99. The molecule has 3 aromatic rings. The van der Waals surface area contributed by atoms with Gasteiger partial charge in [-0.3, -0.25) is 14.2 Å². The fourth-order valence-electron chi connectivity index (χ4n) is 6.08. The number of hydrogen-bond acceptors (Lipinski definition) is 11. The second-order valence-corrected chi connectivity index (χ2v) is 14.3. The molecule has 1 aliphatic heterocycles. The van der Waals surface area contributed by atoms with E-state index in [0.29, 0.717) is 29.4 Å². The Kier molecular flexibility index (Phi) is 11.4. The zero-order valence-electron chi connectivity index (χ0n) is 28.9. The molecule has 2 N–H and O–H groups in total. The summed E-state index contributed by atoms with van der Waals surface area (Å²) in [6, 6.07) is 3.83. The third-order valence-corrected chi connectivity index (χ3v) is 8.43. The maximum absolute atomic E-state index is 13.4. The number of hydrogen-bond donors (Lipinski definition) is 2. The molecule has 4 atom stereocenters. The molecule has 0 bridgehead atoms. The number of pyridine rings is 2. The molecule has 0 unspecified atom stereocenters. The van der Waals surface area contributed by atoms with Crippen LogP contribution in [0.4, 0.5) is 20.5 Å². The van der Waals surface area contributed by atoms with Gasteiger partial charge in [0.05, 0.1) is 42.9 Å². The number of aryl methyl sites for hydroxylation is 1. The van der Waals surface area contributed by atoms with Crippen LogP contribution in [0.15, 0.2) is 47.8 Å². The van der Waals surface area contributed by atoms with E-state index in [9.17, 15) is 18.4 Å². The summed E-state index contributed by atoms with van der Waals surface area (Å²) in [7, 11) is 0. The Morgan fingerprint density at radius 3 is 2.44 bits per heavy atom. The van der Waals surface area contributed by atoms with Crippen molar-refractivity contribution in [1.29, 1.82) is 0 Å². The van der Waals surface area contributed by atoms with Gasteiger partial charge in [0, 0.05) is 30.3 Å². The average molecular weight is 717 g/mol. The standard InChI is InChI=1S/C35H43ClF2N6O6/c1-20-19-44(31(46)30(36)27(20)11-10-24-14-25(49-35(5,6)48-24)15-29(45)50-34(2,3)4)23-9-12-28(39-16-23)42-21-7-8-22(13-21)43-33-40-17-26(18-41-33)47-32(37)38/h9-12,16-19,21-22,24-25,32H,7-8,13-15H2,1-6H3,(H,39,42)(H,40,41,43)/b11-10+/t21-,22-,24+,25+/m0/s1. The van der Waals surface area contributed by atoms with Crippen molar-refractivity contribution in [2.75, 3.05) is 10.6 Å². The number of alkyl halides is 2. The van der Waals surface area contributed by atoms with Crippen molar-refractivity contribution in [3.63, 3.8) is 0 Å². The fraction of sp³-hybridized carbons (Fsp3) is 0.514. The predicted molar refractivity (Wildman–Crippen MR) is 185 cm³/mol. The number of aromatic nitrogens is 4. The van der Waals surface area contributed by atoms with Crippen molar-refractivity contribution in [3.8, 4) is 11.4 Å². The molecule has 1 aliphatic carbocycles. The largest absolute Gasteiger partial charge is 0.460 e. The van der Waals surface area contributed by atoms with Crippen LogP contribution in [-0.2, 0) is 19.0 Å². The zero-order chi connectivity index (χ0) is 36.2. The first kappa shape index (κ1) is 37.1. The molecule has 4 heterocycles. The van der Waals surface area contributed by atoms with Gasteiger partial charge in [-0.05, 0) is 78.5 Å². The third-order valence-electron chi connectivity index (χ3n) is 8.06. The molecule has 2 aliphatic rings. The summed E-state index contributed by atoms with van der Waals surface area (Å²) >= 11 is 6.64. The molecule has 3 aromatic heterocycles. The van der Waals surface area contributed by atoms with E-state index in [1.807, 2.05) is 39.8 Å². The maximum Gasteiger partial charge on any atom is 0.387 e. The van der Waals surface area contributed by atoms with Crippen LogP contribution in [0, 0.1) is 6.92 Å². The van der Waals surface area contributed by atoms with Crippen molar-refractivity contribution in [1.82, 2.24) is 19.5 Å². The summed E-state index contributed by atoms with van der Waals surface area (Å²) in [5, 5.41) is 6.71. The molecule has 0 radical (unpaired) electrons. The quantitative estimate of drug-likeness (QED) is 0.205. The van der Waals surface area contributed by atoms with Crippen molar-refractivity contribution in [3.05, 3.63) is 69.5 Å². The lowest BCUT2D eigenvalue weighted by atomic mass is 10.0. The van der Waals surface area contributed by atoms with Gasteiger partial charge in [-0.25, -0.2) is 15.0 Å². The van der Waals surface area contributed by atoms with E-state index >= 15 is 0 Å². The molecule has 50 heavy (non-hydrogen) atoms. The second-order valence-electron chi connectivity index (χ2n) is 13.9. The minimum Gasteiger partial charge on any atom is -0.460 e. The molecule has 2 fully saturated rings. The van der Waals surface area contributed by atoms with Gasteiger partial charge in [0.25, 0.3) is 5.56 Å². The maximum atomic E-state index is 13.4. The number of carbonyl (C=O) groups excluding carboxylic acids is 1. The Morgan fingerprint density at radius 1 is 1.10 bits per heavy atom. The molecule has 12 nitrogen and oxygen atoms in total. The van der Waals surface area contributed by atoms with Gasteiger partial charge >= 0.3 is 12.6 Å². The smallest absolute Gasteiger partial charge is 0.387 e. The Labute approximate surface area is 294 Å². The zero-order valence-corrected chi connectivity index (χ0v) is 29.7. The highest BCUT2D eigenvalue weighted by atomic mass is 35.5. The Bertz CT molecular complexity index is 1730. The molecule has 15 heteroatoms. The highest BCUT2D eigenvalue weighted by Crippen LogP contribution is 2.31. The molecule has 0 spiro atoms. The van der Waals surface area contributed by atoms with Crippen LogP contribution < -0.4 is 20.9 Å². The third kappa shape index (κ3) is 10.2. The topological polar surface area (TPSA) is 139 Å². The van der Waals surface area contributed by atoms with E-state index in [-0.39, 0.29) is 41.3 Å². The van der Waals surface area contributed by atoms with Gasteiger partial charge in [-0.2, -0.15) is 8.78 Å². The molecule has 0 amide bonds. The SMILES string of the molecule is Cc1cn(-c2ccc(N[C@H]3CC[C@H](Nc4ncc(OC(F)F)cn4)C3)nc2)c(=O)c(Cl)c1/C=C/[C@@H]1C[C@H](CC(=O)OC(C)(C)C)OC(C)(C)O1. The summed E-state index contributed by atoms with van der Waals surface area (Å²) < 4.78 is 48.0. The first-order valence-electron chi connectivity index (χ1n) is 16.5. The van der Waals surface area contributed by atoms with Crippen LogP contribution in [0.5, 0.6) is 5.75 Å². The monoisotopic (exact) mass is 716 g/mol.